The Morgan fingerprint density at radius 2 is 1.56 bits per heavy atom. The molecule has 7 nitrogen and oxygen atoms in total. The third-order valence-electron chi connectivity index (χ3n) is 4.13. The summed E-state index contributed by atoms with van der Waals surface area (Å²) in [6.07, 6.45) is -4.85. The van der Waals surface area contributed by atoms with Gasteiger partial charge >= 0.3 is 18.1 Å². The lowest BCUT2D eigenvalue weighted by Crippen LogP contribution is -2.52. The van der Waals surface area contributed by atoms with Gasteiger partial charge in [-0.2, -0.15) is 13.2 Å². The number of halogens is 3. The summed E-state index contributed by atoms with van der Waals surface area (Å²) in [5.74, 6) is -1.47. The van der Waals surface area contributed by atoms with Crippen LogP contribution >= 0.6 is 0 Å². The van der Waals surface area contributed by atoms with Crippen molar-refractivity contribution >= 4 is 11.9 Å². The summed E-state index contributed by atoms with van der Waals surface area (Å²) >= 11 is 0. The number of methoxy groups -OCH3 is 2. The van der Waals surface area contributed by atoms with Crippen LogP contribution in [0.1, 0.15) is 10.4 Å². The zero-order valence-electron chi connectivity index (χ0n) is 15.0. The monoisotopic (exact) mass is 390 g/mol. The number of esters is 1. The molecule has 0 N–H and O–H groups in total. The van der Waals surface area contributed by atoms with Gasteiger partial charge in [0.05, 0.1) is 19.8 Å². The fourth-order valence-electron chi connectivity index (χ4n) is 2.63. The average molecular weight is 390 g/mol. The van der Waals surface area contributed by atoms with E-state index in [-0.39, 0.29) is 38.3 Å². The molecule has 0 radical (unpaired) electrons. The van der Waals surface area contributed by atoms with Gasteiger partial charge in [0.2, 0.25) is 0 Å². The molecule has 0 atom stereocenters. The normalized spacial score (nSPS) is 15.4. The Morgan fingerprint density at radius 3 is 2.04 bits per heavy atom. The fraction of sp³-hybridized carbons (Fsp3) is 0.529. The summed E-state index contributed by atoms with van der Waals surface area (Å²) in [7, 11) is 2.93. The number of hydrogen-bond acceptors (Lipinski definition) is 6. The molecule has 1 amide bonds. The molecule has 0 aliphatic carbocycles. The van der Waals surface area contributed by atoms with Gasteiger partial charge in [-0.3, -0.25) is 9.69 Å². The van der Waals surface area contributed by atoms with Crippen molar-refractivity contribution in [2.45, 2.75) is 6.18 Å². The number of alkyl halides is 3. The van der Waals surface area contributed by atoms with Gasteiger partial charge in [-0.15, -0.1) is 0 Å². The second-order valence-corrected chi connectivity index (χ2v) is 5.87. The van der Waals surface area contributed by atoms with E-state index in [1.807, 2.05) is 4.90 Å². The Kier molecular flexibility index (Phi) is 6.89. The van der Waals surface area contributed by atoms with Crippen molar-refractivity contribution in [3.63, 3.8) is 0 Å². The first-order valence-electron chi connectivity index (χ1n) is 8.23. The summed E-state index contributed by atoms with van der Waals surface area (Å²) in [6, 6.07) is 4.66. The van der Waals surface area contributed by atoms with Crippen molar-refractivity contribution in [2.75, 3.05) is 53.6 Å². The molecule has 0 bridgehead atoms. The van der Waals surface area contributed by atoms with E-state index in [1.165, 1.54) is 26.4 Å². The highest BCUT2D eigenvalue weighted by Crippen LogP contribution is 2.23. The second kappa shape index (κ2) is 8.94. The van der Waals surface area contributed by atoms with Gasteiger partial charge in [0.25, 0.3) is 0 Å². The van der Waals surface area contributed by atoms with Crippen molar-refractivity contribution in [3.05, 3.63) is 23.8 Å². The lowest BCUT2D eigenvalue weighted by atomic mass is 10.2. The highest BCUT2D eigenvalue weighted by Gasteiger charge is 2.43. The van der Waals surface area contributed by atoms with Gasteiger partial charge in [0.15, 0.2) is 0 Å². The molecular formula is C17H21F3N2O5. The predicted octanol–water partition coefficient (Wildman–Crippen LogP) is 1.57. The summed E-state index contributed by atoms with van der Waals surface area (Å²) in [5, 5.41) is 0. The second-order valence-electron chi connectivity index (χ2n) is 5.87. The maximum atomic E-state index is 12.4. The van der Waals surface area contributed by atoms with Crippen LogP contribution in [0.5, 0.6) is 11.5 Å². The lowest BCUT2D eigenvalue weighted by molar-refractivity contribution is -0.187. The van der Waals surface area contributed by atoms with Crippen LogP contribution in [0, 0.1) is 0 Å². The maximum absolute atomic E-state index is 12.4. The van der Waals surface area contributed by atoms with E-state index >= 15 is 0 Å². The minimum atomic E-state index is -4.85. The van der Waals surface area contributed by atoms with Gasteiger partial charge in [0, 0.05) is 38.8 Å². The number of rotatable bonds is 6. The van der Waals surface area contributed by atoms with E-state index in [4.69, 9.17) is 14.2 Å². The van der Waals surface area contributed by atoms with Gasteiger partial charge in [-0.05, 0) is 12.1 Å². The van der Waals surface area contributed by atoms with E-state index in [2.05, 4.69) is 0 Å². The highest BCUT2D eigenvalue weighted by molar-refractivity contribution is 5.90. The number of amides is 1. The molecule has 2 rings (SSSR count). The quantitative estimate of drug-likeness (QED) is 0.687. The molecule has 1 fully saturated rings. The van der Waals surface area contributed by atoms with Gasteiger partial charge in [-0.1, -0.05) is 0 Å². The third-order valence-corrected chi connectivity index (χ3v) is 4.13. The van der Waals surface area contributed by atoms with Crippen LogP contribution in [0.15, 0.2) is 18.2 Å². The lowest BCUT2D eigenvalue weighted by Gasteiger charge is -2.34. The first-order valence-corrected chi connectivity index (χ1v) is 8.23. The SMILES string of the molecule is COc1cc(OC)cc(C(=O)OCCN2CCN(C(=O)C(F)(F)F)CC2)c1. The molecule has 0 spiro atoms. The predicted molar refractivity (Wildman–Crippen MR) is 88.9 cm³/mol. The van der Waals surface area contributed by atoms with Gasteiger partial charge in [-0.25, -0.2) is 4.79 Å². The number of ether oxygens (including phenoxy) is 3. The summed E-state index contributed by atoms with van der Waals surface area (Å²) in [5.41, 5.74) is 0.270. The molecule has 1 aromatic rings. The van der Waals surface area contributed by atoms with Crippen LogP contribution in [0.25, 0.3) is 0 Å². The molecule has 1 aromatic carbocycles. The number of carbonyl (C=O) groups excluding carboxylic acids is 2. The van der Waals surface area contributed by atoms with Crippen LogP contribution in [-0.4, -0.2) is 81.4 Å². The Balaban J connectivity index is 1.79. The Bertz CT molecular complexity index is 651. The Labute approximate surface area is 154 Å². The molecule has 1 saturated heterocycles. The van der Waals surface area contributed by atoms with Crippen LogP contribution in [-0.2, 0) is 9.53 Å². The van der Waals surface area contributed by atoms with E-state index in [0.29, 0.717) is 18.0 Å². The molecule has 10 heteroatoms. The molecule has 150 valence electrons. The van der Waals surface area contributed by atoms with Crippen LogP contribution in [0.3, 0.4) is 0 Å². The van der Waals surface area contributed by atoms with Crippen molar-refractivity contribution in [2.24, 2.45) is 0 Å². The highest BCUT2D eigenvalue weighted by atomic mass is 19.4. The standard InChI is InChI=1S/C17H21F3N2O5/c1-25-13-9-12(10-14(11-13)26-2)15(23)27-8-7-21-3-5-22(6-4-21)16(24)17(18,19)20/h9-11H,3-8H2,1-2H3. The molecule has 0 saturated carbocycles. The van der Waals surface area contributed by atoms with Crippen LogP contribution in [0.4, 0.5) is 13.2 Å². The number of carbonyl (C=O) groups is 2. The van der Waals surface area contributed by atoms with Crippen molar-refractivity contribution in [1.29, 1.82) is 0 Å². The maximum Gasteiger partial charge on any atom is 0.471 e. The first kappa shape index (κ1) is 20.8. The summed E-state index contributed by atoms with van der Waals surface area (Å²) in [4.78, 5) is 25.9. The number of hydrogen-bond donors (Lipinski definition) is 0. The Morgan fingerprint density at radius 1 is 1.00 bits per heavy atom. The zero-order chi connectivity index (χ0) is 20.0. The summed E-state index contributed by atoms with van der Waals surface area (Å²) in [6.45, 7) is 0.976. The molecule has 1 aliphatic rings. The number of nitrogens with zero attached hydrogens (tertiary/aromatic N) is 2. The smallest absolute Gasteiger partial charge is 0.471 e. The zero-order valence-corrected chi connectivity index (χ0v) is 15.0. The van der Waals surface area contributed by atoms with Gasteiger partial charge < -0.3 is 19.1 Å². The Hall–Kier alpha value is -2.49. The first-order chi connectivity index (χ1) is 12.7. The topological polar surface area (TPSA) is 68.3 Å². The van der Waals surface area contributed by atoms with Gasteiger partial charge in [0.1, 0.15) is 18.1 Å². The third kappa shape index (κ3) is 5.75. The molecule has 1 heterocycles. The number of benzene rings is 1. The van der Waals surface area contributed by atoms with E-state index in [0.717, 1.165) is 4.90 Å². The molecule has 0 aromatic heterocycles. The molecule has 1 aliphatic heterocycles. The van der Waals surface area contributed by atoms with E-state index in [1.54, 1.807) is 6.07 Å². The molecular weight excluding hydrogens is 369 g/mol. The van der Waals surface area contributed by atoms with E-state index in [9.17, 15) is 22.8 Å². The van der Waals surface area contributed by atoms with Crippen molar-refractivity contribution in [3.8, 4) is 11.5 Å². The minimum Gasteiger partial charge on any atom is -0.497 e. The molecule has 0 unspecified atom stereocenters. The average Bonchev–Trinajstić information content (AvgIpc) is 2.66. The minimum absolute atomic E-state index is 0.0145. The van der Waals surface area contributed by atoms with Crippen LogP contribution in [0.2, 0.25) is 0 Å². The van der Waals surface area contributed by atoms with E-state index < -0.39 is 18.1 Å². The van der Waals surface area contributed by atoms with Crippen LogP contribution < -0.4 is 9.47 Å². The molecule has 27 heavy (non-hydrogen) atoms. The fourth-order valence-corrected chi connectivity index (χ4v) is 2.63. The number of piperazine rings is 1. The summed E-state index contributed by atoms with van der Waals surface area (Å²) < 4.78 is 52.6. The van der Waals surface area contributed by atoms with Crippen molar-refractivity contribution < 1.29 is 37.0 Å². The van der Waals surface area contributed by atoms with Crippen molar-refractivity contribution in [1.82, 2.24) is 9.80 Å². The largest absolute Gasteiger partial charge is 0.497 e.